The highest BCUT2D eigenvalue weighted by molar-refractivity contribution is 5.96. The maximum Gasteiger partial charge on any atom is 0.253 e. The van der Waals surface area contributed by atoms with Crippen LogP contribution in [0.1, 0.15) is 39.1 Å². The van der Waals surface area contributed by atoms with Crippen LogP contribution in [0.15, 0.2) is 42.5 Å². The summed E-state index contributed by atoms with van der Waals surface area (Å²) in [6.07, 6.45) is 1.45. The fourth-order valence-electron chi connectivity index (χ4n) is 3.39. The van der Waals surface area contributed by atoms with E-state index in [4.69, 9.17) is 9.47 Å². The minimum Gasteiger partial charge on any atom is -0.497 e. The van der Waals surface area contributed by atoms with Gasteiger partial charge in [0.1, 0.15) is 11.5 Å². The van der Waals surface area contributed by atoms with Crippen molar-refractivity contribution in [2.75, 3.05) is 27.3 Å². The molecule has 148 valence electrons. The van der Waals surface area contributed by atoms with Gasteiger partial charge < -0.3 is 19.7 Å². The second-order valence-electron chi connectivity index (χ2n) is 7.01. The average Bonchev–Trinajstić information content (AvgIpc) is 2.73. The molecule has 28 heavy (non-hydrogen) atoms. The van der Waals surface area contributed by atoms with Crippen LogP contribution in [0.2, 0.25) is 0 Å². The number of aryl methyl sites for hydroxylation is 1. The molecule has 0 bridgehead atoms. The number of methoxy groups -OCH3 is 2. The van der Waals surface area contributed by atoms with Crippen LogP contribution in [0, 0.1) is 6.92 Å². The Morgan fingerprint density at radius 1 is 0.964 bits per heavy atom. The minimum atomic E-state index is -0.166. The van der Waals surface area contributed by atoms with Crippen LogP contribution in [-0.2, 0) is 0 Å². The lowest BCUT2D eigenvalue weighted by Crippen LogP contribution is -2.46. The second kappa shape index (κ2) is 8.78. The summed E-state index contributed by atoms with van der Waals surface area (Å²) in [6, 6.07) is 12.8. The summed E-state index contributed by atoms with van der Waals surface area (Å²) in [6.45, 7) is 3.23. The third kappa shape index (κ3) is 4.63. The molecule has 3 rings (SSSR count). The maximum absolute atomic E-state index is 12.7. The molecule has 2 amide bonds. The molecule has 2 aromatic rings. The van der Waals surface area contributed by atoms with Crippen molar-refractivity contribution >= 4 is 11.8 Å². The van der Waals surface area contributed by atoms with Crippen LogP contribution in [0.3, 0.4) is 0 Å². The Balaban J connectivity index is 1.58. The molecule has 6 heteroatoms. The van der Waals surface area contributed by atoms with Crippen LogP contribution in [0.4, 0.5) is 0 Å². The van der Waals surface area contributed by atoms with Gasteiger partial charge in [-0.05, 0) is 44.0 Å². The van der Waals surface area contributed by atoms with Crippen LogP contribution in [0.5, 0.6) is 11.5 Å². The van der Waals surface area contributed by atoms with Gasteiger partial charge in [-0.25, -0.2) is 0 Å². The molecule has 1 aliphatic rings. The van der Waals surface area contributed by atoms with Crippen molar-refractivity contribution in [2.45, 2.75) is 25.8 Å². The summed E-state index contributed by atoms with van der Waals surface area (Å²) < 4.78 is 10.4. The SMILES string of the molecule is COc1cc(OC)cc(C(=O)NC2CCN(C(=O)c3cccc(C)c3)CC2)c1. The fourth-order valence-corrected chi connectivity index (χ4v) is 3.39. The van der Waals surface area contributed by atoms with Gasteiger partial charge in [-0.3, -0.25) is 9.59 Å². The van der Waals surface area contributed by atoms with Crippen molar-refractivity contribution < 1.29 is 19.1 Å². The third-order valence-electron chi connectivity index (χ3n) is 5.00. The monoisotopic (exact) mass is 382 g/mol. The van der Waals surface area contributed by atoms with E-state index in [1.807, 2.05) is 36.1 Å². The van der Waals surface area contributed by atoms with Crippen molar-refractivity contribution in [1.82, 2.24) is 10.2 Å². The number of ether oxygens (including phenoxy) is 2. The molecule has 1 fully saturated rings. The van der Waals surface area contributed by atoms with Crippen molar-refractivity contribution in [2.24, 2.45) is 0 Å². The molecule has 0 atom stereocenters. The Labute approximate surface area is 165 Å². The van der Waals surface area contributed by atoms with E-state index in [9.17, 15) is 9.59 Å². The Morgan fingerprint density at radius 2 is 1.61 bits per heavy atom. The second-order valence-corrected chi connectivity index (χ2v) is 7.01. The maximum atomic E-state index is 12.7. The van der Waals surface area contributed by atoms with Gasteiger partial charge in [-0.15, -0.1) is 0 Å². The van der Waals surface area contributed by atoms with E-state index < -0.39 is 0 Å². The zero-order valence-corrected chi connectivity index (χ0v) is 16.5. The van der Waals surface area contributed by atoms with E-state index >= 15 is 0 Å². The lowest BCUT2D eigenvalue weighted by molar-refractivity contribution is 0.0698. The molecule has 0 unspecified atom stereocenters. The Kier molecular flexibility index (Phi) is 6.19. The van der Waals surface area contributed by atoms with Gasteiger partial charge >= 0.3 is 0 Å². The summed E-state index contributed by atoms with van der Waals surface area (Å²) in [5.41, 5.74) is 2.28. The zero-order chi connectivity index (χ0) is 20.1. The first kappa shape index (κ1) is 19.7. The number of nitrogens with one attached hydrogen (secondary N) is 1. The van der Waals surface area contributed by atoms with Gasteiger partial charge in [-0.2, -0.15) is 0 Å². The van der Waals surface area contributed by atoms with E-state index in [2.05, 4.69) is 5.32 Å². The van der Waals surface area contributed by atoms with Crippen LogP contribution < -0.4 is 14.8 Å². The summed E-state index contributed by atoms with van der Waals surface area (Å²) in [5.74, 6) is 1.03. The normalized spacial score (nSPS) is 14.5. The van der Waals surface area contributed by atoms with Gasteiger partial charge in [0.15, 0.2) is 0 Å². The Hall–Kier alpha value is -3.02. The molecule has 0 aromatic heterocycles. The molecule has 1 saturated heterocycles. The summed E-state index contributed by atoms with van der Waals surface area (Å²) in [7, 11) is 3.11. The fraction of sp³-hybridized carbons (Fsp3) is 0.364. The average molecular weight is 382 g/mol. The number of carbonyl (C=O) groups is 2. The summed E-state index contributed by atoms with van der Waals surface area (Å²) >= 11 is 0. The van der Waals surface area contributed by atoms with Crippen LogP contribution >= 0.6 is 0 Å². The topological polar surface area (TPSA) is 67.9 Å². The molecule has 2 aromatic carbocycles. The molecule has 6 nitrogen and oxygen atoms in total. The molecule has 1 N–H and O–H groups in total. The minimum absolute atomic E-state index is 0.0336. The van der Waals surface area contributed by atoms with Crippen molar-refractivity contribution in [3.63, 3.8) is 0 Å². The standard InChI is InChI=1S/C22H26N2O4/c1-15-5-4-6-16(11-15)22(26)24-9-7-18(8-10-24)23-21(25)17-12-19(27-2)14-20(13-17)28-3/h4-6,11-14,18H,7-10H2,1-3H3,(H,23,25). The first-order valence-corrected chi connectivity index (χ1v) is 9.40. The predicted octanol–water partition coefficient (Wildman–Crippen LogP) is 3.05. The zero-order valence-electron chi connectivity index (χ0n) is 16.5. The van der Waals surface area contributed by atoms with Gasteiger partial charge in [0.05, 0.1) is 14.2 Å². The highest BCUT2D eigenvalue weighted by Crippen LogP contribution is 2.23. The molecule has 0 radical (unpaired) electrons. The summed E-state index contributed by atoms with van der Waals surface area (Å²) in [4.78, 5) is 27.1. The molecular formula is C22H26N2O4. The molecule has 1 heterocycles. The predicted molar refractivity (Wildman–Crippen MR) is 107 cm³/mol. The van der Waals surface area contributed by atoms with E-state index in [1.165, 1.54) is 0 Å². The summed E-state index contributed by atoms with van der Waals surface area (Å²) in [5, 5.41) is 3.06. The number of rotatable bonds is 5. The molecule has 0 aliphatic carbocycles. The van der Waals surface area contributed by atoms with E-state index in [-0.39, 0.29) is 17.9 Å². The molecular weight excluding hydrogens is 356 g/mol. The number of likely N-dealkylation sites (tertiary alicyclic amines) is 1. The first-order valence-electron chi connectivity index (χ1n) is 9.40. The van der Waals surface area contributed by atoms with Crippen LogP contribution in [0.25, 0.3) is 0 Å². The van der Waals surface area contributed by atoms with E-state index in [0.29, 0.717) is 35.7 Å². The number of benzene rings is 2. The number of hydrogen-bond donors (Lipinski definition) is 1. The largest absolute Gasteiger partial charge is 0.497 e. The number of carbonyl (C=O) groups excluding carboxylic acids is 2. The number of amides is 2. The van der Waals surface area contributed by atoms with E-state index in [1.54, 1.807) is 32.4 Å². The molecule has 0 saturated carbocycles. The Bertz CT molecular complexity index is 835. The smallest absolute Gasteiger partial charge is 0.253 e. The van der Waals surface area contributed by atoms with Gasteiger partial charge in [0.25, 0.3) is 11.8 Å². The highest BCUT2D eigenvalue weighted by Gasteiger charge is 2.25. The van der Waals surface area contributed by atoms with Crippen molar-refractivity contribution in [1.29, 1.82) is 0 Å². The van der Waals surface area contributed by atoms with Gasteiger partial charge in [0, 0.05) is 36.3 Å². The van der Waals surface area contributed by atoms with Gasteiger partial charge in [-0.1, -0.05) is 17.7 Å². The van der Waals surface area contributed by atoms with Crippen LogP contribution in [-0.4, -0.2) is 50.1 Å². The number of nitrogens with zero attached hydrogens (tertiary/aromatic N) is 1. The van der Waals surface area contributed by atoms with Gasteiger partial charge in [0.2, 0.25) is 0 Å². The van der Waals surface area contributed by atoms with Crippen molar-refractivity contribution in [3.8, 4) is 11.5 Å². The first-order chi connectivity index (χ1) is 13.5. The van der Waals surface area contributed by atoms with Crippen molar-refractivity contribution in [3.05, 3.63) is 59.2 Å². The quantitative estimate of drug-likeness (QED) is 0.863. The third-order valence-corrected chi connectivity index (χ3v) is 5.00. The highest BCUT2D eigenvalue weighted by atomic mass is 16.5. The number of piperidine rings is 1. The Morgan fingerprint density at radius 3 is 2.18 bits per heavy atom. The van der Waals surface area contributed by atoms with E-state index in [0.717, 1.165) is 18.4 Å². The lowest BCUT2D eigenvalue weighted by Gasteiger charge is -2.32. The lowest BCUT2D eigenvalue weighted by atomic mass is 10.0. The number of hydrogen-bond acceptors (Lipinski definition) is 4. The molecule has 0 spiro atoms. The molecule has 1 aliphatic heterocycles.